The van der Waals surface area contributed by atoms with Gasteiger partial charge in [-0.15, -0.1) is 0 Å². The van der Waals surface area contributed by atoms with Crippen LogP contribution in [0.3, 0.4) is 0 Å². The zero-order valence-electron chi connectivity index (χ0n) is 19.5. The summed E-state index contributed by atoms with van der Waals surface area (Å²) in [6.45, 7) is 16.1. The molecular weight excluding hydrogens is 425 g/mol. The lowest BCUT2D eigenvalue weighted by molar-refractivity contribution is 0.0705. The Balaban J connectivity index is 4.46. The van der Waals surface area contributed by atoms with Gasteiger partial charge in [-0.3, -0.25) is 0 Å². The first-order valence-corrected chi connectivity index (χ1v) is 21.4. The molecule has 0 saturated carbocycles. The monoisotopic (exact) mass is 470 g/mol. The van der Waals surface area contributed by atoms with Gasteiger partial charge in [-0.05, 0) is 51.3 Å². The Morgan fingerprint density at radius 1 is 0.536 bits per heavy atom. The summed E-state index contributed by atoms with van der Waals surface area (Å²) in [7, 11) is -4.26. The van der Waals surface area contributed by atoms with E-state index in [1.807, 2.05) is 41.5 Å². The molecule has 0 unspecified atom stereocenters. The maximum atomic E-state index is 5.98. The number of hydrogen-bond acceptors (Lipinski definition) is 6. The maximum Gasteiger partial charge on any atom is 0.500 e. The van der Waals surface area contributed by atoms with E-state index >= 15 is 0 Å². The molecule has 0 aliphatic rings. The van der Waals surface area contributed by atoms with Gasteiger partial charge < -0.3 is 26.6 Å². The Kier molecular flexibility index (Phi) is 17.7. The molecule has 0 aliphatic carbocycles. The number of hydrogen-bond donors (Lipinski definition) is 0. The topological polar surface area (TPSA) is 55.4 Å². The second-order valence-electron chi connectivity index (χ2n) is 6.85. The minimum Gasteiger partial charge on any atom is -0.374 e. The van der Waals surface area contributed by atoms with Gasteiger partial charge >= 0.3 is 17.6 Å². The van der Waals surface area contributed by atoms with Gasteiger partial charge in [0.15, 0.2) is 0 Å². The molecule has 0 spiro atoms. The lowest BCUT2D eigenvalue weighted by atomic mass is 10.6. The van der Waals surface area contributed by atoms with Crippen molar-refractivity contribution in [3.8, 4) is 0 Å². The molecule has 0 atom stereocenters. The van der Waals surface area contributed by atoms with Crippen molar-refractivity contribution in [1.82, 2.24) is 0 Å². The van der Waals surface area contributed by atoms with Crippen LogP contribution in [-0.2, 0) is 26.6 Å². The van der Waals surface area contributed by atoms with Gasteiger partial charge in [-0.25, -0.2) is 0 Å². The molecule has 170 valence electrons. The van der Waals surface area contributed by atoms with Gasteiger partial charge in [0.25, 0.3) is 0 Å². The quantitative estimate of drug-likeness (QED) is 0.255. The highest BCUT2D eigenvalue weighted by molar-refractivity contribution is 7.03. The maximum absolute atomic E-state index is 5.98. The summed E-state index contributed by atoms with van der Waals surface area (Å²) in [6.07, 6.45) is 2.33. The third kappa shape index (κ3) is 11.7. The van der Waals surface area contributed by atoms with Crippen molar-refractivity contribution in [2.75, 3.05) is 39.6 Å². The molecule has 0 bridgehead atoms. The molecule has 0 fully saturated rings. The summed E-state index contributed by atoms with van der Waals surface area (Å²) < 4.78 is 35.9. The van der Waals surface area contributed by atoms with E-state index in [2.05, 4.69) is 0 Å². The molecule has 0 radical (unpaired) electrons. The van der Waals surface area contributed by atoms with Crippen molar-refractivity contribution in [3.05, 3.63) is 0 Å². The number of rotatable bonds is 20. The first-order chi connectivity index (χ1) is 13.5. The van der Waals surface area contributed by atoms with Crippen LogP contribution in [0.1, 0.15) is 54.4 Å². The van der Waals surface area contributed by atoms with E-state index in [4.69, 9.17) is 26.6 Å². The highest BCUT2D eigenvalue weighted by atomic mass is 29.1. The molecule has 0 heterocycles. The summed E-state index contributed by atoms with van der Waals surface area (Å²) >= 11 is 0. The van der Waals surface area contributed by atoms with Crippen molar-refractivity contribution >= 4 is 35.7 Å². The molecule has 0 aromatic carbocycles. The molecule has 0 aromatic rings. The molecule has 0 saturated heterocycles. The first-order valence-electron chi connectivity index (χ1n) is 11.3. The highest BCUT2D eigenvalue weighted by Gasteiger charge is 2.41. The van der Waals surface area contributed by atoms with Crippen LogP contribution in [0.4, 0.5) is 0 Å². The summed E-state index contributed by atoms with van der Waals surface area (Å²) in [5, 5.41) is 0. The van der Waals surface area contributed by atoms with E-state index in [-0.39, 0.29) is 0 Å². The smallest absolute Gasteiger partial charge is 0.374 e. The Bertz CT molecular complexity index is 299. The normalized spacial score (nSPS) is 13.0. The molecule has 10 heteroatoms. The second-order valence-corrected chi connectivity index (χ2v) is 20.6. The summed E-state index contributed by atoms with van der Waals surface area (Å²) in [5.74, 6) is 0. The van der Waals surface area contributed by atoms with Crippen molar-refractivity contribution in [2.45, 2.75) is 78.6 Å². The average molecular weight is 471 g/mol. The Morgan fingerprint density at radius 3 is 1.00 bits per heavy atom. The van der Waals surface area contributed by atoms with Crippen LogP contribution in [0.5, 0.6) is 0 Å². The lowest BCUT2D eigenvalue weighted by Crippen LogP contribution is -2.46. The van der Waals surface area contributed by atoms with Gasteiger partial charge in [0.2, 0.25) is 0 Å². The van der Waals surface area contributed by atoms with E-state index in [1.165, 1.54) is 21.8 Å². The lowest BCUT2D eigenvalue weighted by Gasteiger charge is -2.29. The largest absolute Gasteiger partial charge is 0.500 e. The minimum absolute atomic E-state index is 0.651. The third-order valence-corrected chi connectivity index (χ3v) is 17.1. The fourth-order valence-corrected chi connectivity index (χ4v) is 14.1. The van der Waals surface area contributed by atoms with Crippen molar-refractivity contribution in [2.24, 2.45) is 0 Å². The second kappa shape index (κ2) is 17.3. The molecule has 6 nitrogen and oxygen atoms in total. The Morgan fingerprint density at radius 2 is 0.786 bits per heavy atom. The average Bonchev–Trinajstić information content (AvgIpc) is 2.63. The minimum atomic E-state index is -2.47. The van der Waals surface area contributed by atoms with E-state index in [0.29, 0.717) is 39.6 Å². The van der Waals surface area contributed by atoms with Crippen LogP contribution in [0.2, 0.25) is 24.2 Å². The molecule has 28 heavy (non-hydrogen) atoms. The highest BCUT2D eigenvalue weighted by Crippen LogP contribution is 2.23. The molecule has 0 aromatic heterocycles. The SMILES string of the molecule is CCO[Si](CCC[SiH]([SiH3])CCC[Si](OCC)(OCC)OCC)(OCC)OCC. The van der Waals surface area contributed by atoms with Gasteiger partial charge in [-0.2, -0.15) is 0 Å². The molecule has 0 rings (SSSR count). The van der Waals surface area contributed by atoms with E-state index in [1.54, 1.807) is 0 Å². The zero-order valence-corrected chi connectivity index (χ0v) is 24.7. The summed E-state index contributed by atoms with van der Waals surface area (Å²) in [6, 6.07) is 4.59. The fourth-order valence-electron chi connectivity index (χ4n) is 3.48. The Hall–Kier alpha value is 0.628. The van der Waals surface area contributed by atoms with E-state index in [9.17, 15) is 0 Å². The summed E-state index contributed by atoms with van der Waals surface area (Å²) in [5.41, 5.74) is 0. The first kappa shape index (κ1) is 28.6. The van der Waals surface area contributed by atoms with Gasteiger partial charge in [0.05, 0.1) is 0 Å². The molecule has 0 amide bonds. The van der Waals surface area contributed by atoms with Crippen LogP contribution in [-0.4, -0.2) is 75.3 Å². The third-order valence-electron chi connectivity index (χ3n) is 4.55. The van der Waals surface area contributed by atoms with Crippen LogP contribution in [0.25, 0.3) is 0 Å². The van der Waals surface area contributed by atoms with Gasteiger partial charge in [-0.1, -0.05) is 24.9 Å². The van der Waals surface area contributed by atoms with Crippen molar-refractivity contribution < 1.29 is 26.6 Å². The standard InChI is InChI=1S/C18H46O6Si4/c1-7-19-27(20-8-2,21-9-3)17-13-15-26(25)16-14-18-28(22-10-4,23-11-5)24-12-6/h26H,7-18H2,1-6,25H3. The Labute approximate surface area is 180 Å². The van der Waals surface area contributed by atoms with E-state index in [0.717, 1.165) is 24.9 Å². The van der Waals surface area contributed by atoms with Gasteiger partial charge in [0, 0.05) is 60.0 Å². The van der Waals surface area contributed by atoms with Crippen molar-refractivity contribution in [3.63, 3.8) is 0 Å². The molecular formula is C18H46O6Si4. The predicted octanol–water partition coefficient (Wildman–Crippen LogP) is 2.95. The van der Waals surface area contributed by atoms with Crippen LogP contribution in [0.15, 0.2) is 0 Å². The molecule has 0 aliphatic heterocycles. The van der Waals surface area contributed by atoms with Gasteiger partial charge in [0.1, 0.15) is 0 Å². The summed E-state index contributed by atoms with van der Waals surface area (Å²) in [4.78, 5) is 0. The predicted molar refractivity (Wildman–Crippen MR) is 127 cm³/mol. The van der Waals surface area contributed by atoms with E-state index < -0.39 is 25.9 Å². The van der Waals surface area contributed by atoms with Crippen molar-refractivity contribution in [1.29, 1.82) is 0 Å². The van der Waals surface area contributed by atoms with Crippen LogP contribution in [0, 0.1) is 0 Å². The van der Waals surface area contributed by atoms with Crippen LogP contribution < -0.4 is 0 Å². The molecule has 0 N–H and O–H groups in total. The fraction of sp³-hybridized carbons (Fsp3) is 1.00. The zero-order chi connectivity index (χ0) is 21.3. The van der Waals surface area contributed by atoms with Crippen LogP contribution >= 0.6 is 0 Å².